The van der Waals surface area contributed by atoms with Crippen molar-refractivity contribution in [2.24, 2.45) is 50.5 Å². The van der Waals surface area contributed by atoms with E-state index >= 15 is 0 Å². The number of guanidine groups is 2. The van der Waals surface area contributed by atoms with Gasteiger partial charge in [0.25, 0.3) is 0 Å². The van der Waals surface area contributed by atoms with Crippen LogP contribution in [0.1, 0.15) is 108 Å². The van der Waals surface area contributed by atoms with Gasteiger partial charge < -0.3 is 59.8 Å². The number of carbonyl (C=O) groups excluding carboxylic acids is 9. The number of H-pyrrole nitrogens is 1. The van der Waals surface area contributed by atoms with Crippen LogP contribution in [0.5, 0.6) is 0 Å². The number of aromatic amines is 1. The van der Waals surface area contributed by atoms with E-state index in [1.807, 2.05) is 30.3 Å². The van der Waals surface area contributed by atoms with E-state index in [4.69, 9.17) is 28.7 Å². The summed E-state index contributed by atoms with van der Waals surface area (Å²) in [4.78, 5) is 138. The van der Waals surface area contributed by atoms with Crippen LogP contribution >= 0.6 is 0 Å². The lowest BCUT2D eigenvalue weighted by Gasteiger charge is -2.31. The number of nitrogens with two attached hydrogens (primary N) is 5. The number of aromatic nitrogens is 1. The lowest BCUT2D eigenvalue weighted by Crippen LogP contribution is -2.57. The molecule has 0 spiro atoms. The van der Waals surface area contributed by atoms with E-state index in [0.717, 1.165) is 16.5 Å². The Morgan fingerprint density at radius 2 is 1.43 bits per heavy atom. The van der Waals surface area contributed by atoms with Gasteiger partial charge in [0.05, 0.1) is 6.04 Å². The van der Waals surface area contributed by atoms with Crippen LogP contribution in [0.3, 0.4) is 0 Å². The maximum Gasteiger partial charge on any atom is 0.245 e. The van der Waals surface area contributed by atoms with Crippen molar-refractivity contribution in [1.29, 1.82) is 0 Å². The predicted octanol–water partition coefficient (Wildman–Crippen LogP) is 0.570. The van der Waals surface area contributed by atoms with Crippen LogP contribution in [0.15, 0.2) is 70.8 Å². The molecule has 2 saturated heterocycles. The number of amides is 6. The number of nitrogens with one attached hydrogen (secondary N) is 5. The highest BCUT2D eigenvalue weighted by atomic mass is 16.2. The molecule has 5 rings (SSSR count). The van der Waals surface area contributed by atoms with Gasteiger partial charge in [-0.25, -0.2) is 0 Å². The molecular weight excluding hydrogens is 951 g/mol. The second kappa shape index (κ2) is 28.6. The molecular formula is C52H73N13O9. The maximum atomic E-state index is 14.8. The van der Waals surface area contributed by atoms with Gasteiger partial charge in [-0.3, -0.25) is 53.1 Å². The van der Waals surface area contributed by atoms with Gasteiger partial charge in [-0.2, -0.15) is 0 Å². The summed E-state index contributed by atoms with van der Waals surface area (Å²) in [7, 11) is 0. The molecule has 0 radical (unpaired) electrons. The van der Waals surface area contributed by atoms with Crippen molar-refractivity contribution in [3.8, 4) is 0 Å². The fourth-order valence-electron chi connectivity index (χ4n) is 9.63. The number of carbonyl (C=O) groups is 9. The Hall–Kier alpha value is -7.65. The Labute approximate surface area is 430 Å². The summed E-state index contributed by atoms with van der Waals surface area (Å²) in [6, 6.07) is 10.7. The molecule has 2 aromatic carbocycles. The molecule has 22 nitrogen and oxygen atoms in total. The van der Waals surface area contributed by atoms with Gasteiger partial charge >= 0.3 is 0 Å². The van der Waals surface area contributed by atoms with Crippen LogP contribution < -0.4 is 49.9 Å². The number of fused-ring (bicyclic) bond motifs is 2. The molecule has 0 bridgehead atoms. The Bertz CT molecular complexity index is 2520. The van der Waals surface area contributed by atoms with Crippen molar-refractivity contribution in [3.63, 3.8) is 0 Å². The zero-order valence-corrected chi connectivity index (χ0v) is 42.2. The third-order valence-corrected chi connectivity index (χ3v) is 13.5. The number of para-hydroxylation sites is 1. The molecule has 74 heavy (non-hydrogen) atoms. The molecule has 7 atom stereocenters. The quantitative estimate of drug-likeness (QED) is 0.0534. The van der Waals surface area contributed by atoms with Crippen LogP contribution in [0.25, 0.3) is 10.9 Å². The van der Waals surface area contributed by atoms with E-state index < -0.39 is 89.1 Å². The number of ketones is 3. The molecule has 0 saturated carbocycles. The average molecular weight is 1020 g/mol. The number of benzene rings is 2. The Morgan fingerprint density at radius 3 is 2.14 bits per heavy atom. The SMILES string of the molecule is CC(=O)N[C@@H](CCCN=C(N)N)C(=O)N[C@H]1CCCCC(=O)CC[C@@H](C(N)=O)NC(=O)[C@H](Cc2c[nH]c3ccccc23)CC(=O)[C@H](CCCN=C(N)N)CC(=O)[C@@H](Cc2ccccc2)NC(=O)[C@@H]2CCCN2C1=O. The molecule has 3 heterocycles. The number of hydrogen-bond acceptors (Lipinski definition) is 11. The smallest absolute Gasteiger partial charge is 0.245 e. The first kappa shape index (κ1) is 57.3. The van der Waals surface area contributed by atoms with Gasteiger partial charge in [0.15, 0.2) is 17.7 Å². The fraction of sp³-hybridized carbons (Fsp3) is 0.519. The van der Waals surface area contributed by atoms with E-state index in [1.54, 1.807) is 30.5 Å². The first-order chi connectivity index (χ1) is 35.4. The minimum atomic E-state index is -1.27. The van der Waals surface area contributed by atoms with E-state index in [1.165, 1.54) is 11.8 Å². The van der Waals surface area contributed by atoms with Gasteiger partial charge in [-0.1, -0.05) is 55.0 Å². The summed E-state index contributed by atoms with van der Waals surface area (Å²) in [5.74, 6) is -7.31. The van der Waals surface area contributed by atoms with E-state index in [-0.39, 0.29) is 127 Å². The van der Waals surface area contributed by atoms with Crippen LogP contribution in [-0.4, -0.2) is 124 Å². The zero-order chi connectivity index (χ0) is 53.7. The Balaban J connectivity index is 1.51. The number of hydrogen-bond donors (Lipinski definition) is 10. The fourth-order valence-corrected chi connectivity index (χ4v) is 9.63. The monoisotopic (exact) mass is 1020 g/mol. The largest absolute Gasteiger partial charge is 0.370 e. The molecule has 2 aliphatic rings. The normalized spacial score (nSPS) is 22.4. The number of primary amides is 1. The van der Waals surface area contributed by atoms with Gasteiger partial charge in [0.1, 0.15) is 35.7 Å². The molecule has 1 aromatic heterocycles. The topological polar surface area (TPSA) is 376 Å². The zero-order valence-electron chi connectivity index (χ0n) is 42.2. The van der Waals surface area contributed by atoms with Crippen molar-refractivity contribution in [2.75, 3.05) is 19.6 Å². The van der Waals surface area contributed by atoms with Gasteiger partial charge in [-0.05, 0) is 87.8 Å². The van der Waals surface area contributed by atoms with Crippen LogP contribution in [0, 0.1) is 11.8 Å². The minimum Gasteiger partial charge on any atom is -0.370 e. The summed E-state index contributed by atoms with van der Waals surface area (Å²) in [5, 5.41) is 11.9. The van der Waals surface area contributed by atoms with Crippen molar-refractivity contribution in [1.82, 2.24) is 31.2 Å². The molecule has 3 aromatic rings. The predicted molar refractivity (Wildman–Crippen MR) is 278 cm³/mol. The molecule has 6 amide bonds. The van der Waals surface area contributed by atoms with E-state index in [2.05, 4.69) is 36.2 Å². The second-order valence-electron chi connectivity index (χ2n) is 19.2. The summed E-state index contributed by atoms with van der Waals surface area (Å²) in [6.07, 6.45) is 3.09. The highest BCUT2D eigenvalue weighted by molar-refractivity contribution is 5.98. The molecule has 2 aliphatic heterocycles. The van der Waals surface area contributed by atoms with Crippen LogP contribution in [0.2, 0.25) is 0 Å². The molecule has 2 fully saturated rings. The third kappa shape index (κ3) is 17.8. The van der Waals surface area contributed by atoms with Gasteiger partial charge in [-0.15, -0.1) is 0 Å². The van der Waals surface area contributed by atoms with Gasteiger partial charge in [0, 0.05) is 81.2 Å². The second-order valence-corrected chi connectivity index (χ2v) is 19.2. The molecule has 22 heteroatoms. The molecule has 15 N–H and O–H groups in total. The maximum absolute atomic E-state index is 14.8. The van der Waals surface area contributed by atoms with Crippen LogP contribution in [-0.2, 0) is 56.0 Å². The lowest BCUT2D eigenvalue weighted by molar-refractivity contribution is -0.142. The highest BCUT2D eigenvalue weighted by Gasteiger charge is 2.40. The summed E-state index contributed by atoms with van der Waals surface area (Å²) >= 11 is 0. The molecule has 0 unspecified atom stereocenters. The first-order valence-electron chi connectivity index (χ1n) is 25.4. The Morgan fingerprint density at radius 1 is 0.743 bits per heavy atom. The van der Waals surface area contributed by atoms with E-state index in [0.29, 0.717) is 18.4 Å². The summed E-state index contributed by atoms with van der Waals surface area (Å²) in [5.41, 5.74) is 30.2. The number of aliphatic imine (C=N–C) groups is 2. The summed E-state index contributed by atoms with van der Waals surface area (Å²) < 4.78 is 0. The standard InChI is InChI=1S/C52H73N13O9/c1-31(66)61-40(19-10-24-59-52(56)57)48(72)63-41-18-7-5-15-36(67)21-22-39(46(53)70)62-47(71)34(27-35-30-60-38-17-8-6-16-37(35)38)29-44(68)33(14-9-23-58-51(54)55)28-45(69)42(26-32-12-3-2-4-13-32)64-49(73)43-20-11-25-65(43)50(41)74/h2-4,6,8,12-13,16-17,30,33-34,39-43,60H,5,7,9-11,14-15,18-29H2,1H3,(H2,53,70)(H,61,66)(H,62,71)(H,63,72)(H,64,73)(H4,54,55,58)(H4,56,57,59)/t33-,34-,39+,40+,41+,42-,43+/m1/s1. The minimum absolute atomic E-state index is 0.0292. The Kier molecular flexibility index (Phi) is 22.1. The van der Waals surface area contributed by atoms with Crippen molar-refractivity contribution in [2.45, 2.75) is 140 Å². The molecule has 0 aliphatic carbocycles. The van der Waals surface area contributed by atoms with Crippen molar-refractivity contribution >= 4 is 75.6 Å². The average Bonchev–Trinajstić information content (AvgIpc) is 4.02. The molecule has 400 valence electrons. The highest BCUT2D eigenvalue weighted by Crippen LogP contribution is 2.27. The third-order valence-electron chi connectivity index (χ3n) is 13.5. The lowest BCUT2D eigenvalue weighted by atomic mass is 9.83. The number of rotatable bonds is 16. The summed E-state index contributed by atoms with van der Waals surface area (Å²) in [6.45, 7) is 1.73. The van der Waals surface area contributed by atoms with Crippen molar-refractivity contribution in [3.05, 3.63) is 71.9 Å². The first-order valence-corrected chi connectivity index (χ1v) is 25.4. The van der Waals surface area contributed by atoms with E-state index in [9.17, 15) is 43.2 Å². The number of nitrogens with zero attached hydrogens (tertiary/aromatic N) is 3. The van der Waals surface area contributed by atoms with Crippen molar-refractivity contribution < 1.29 is 43.2 Å². The van der Waals surface area contributed by atoms with Crippen LogP contribution in [0.4, 0.5) is 0 Å². The number of Topliss-reactive ketones (excluding diaryl/α,β-unsaturated/α-hetero) is 3. The van der Waals surface area contributed by atoms with Gasteiger partial charge in [0.2, 0.25) is 35.4 Å².